The minimum atomic E-state index is -0.518. The summed E-state index contributed by atoms with van der Waals surface area (Å²) in [5.41, 5.74) is 3.54. The number of amides is 2. The largest absolute Gasteiger partial charge is 0.360 e. The van der Waals surface area contributed by atoms with Crippen LogP contribution in [0.3, 0.4) is 0 Å². The molecule has 7 heteroatoms. The molecule has 0 unspecified atom stereocenters. The van der Waals surface area contributed by atoms with Gasteiger partial charge in [-0.05, 0) is 24.3 Å². The average molecular weight is 400 g/mol. The minimum Gasteiger partial charge on any atom is -0.360 e. The molecule has 0 atom stereocenters. The molecule has 0 radical (unpaired) electrons. The first-order valence-electron chi connectivity index (χ1n) is 9.77. The van der Waals surface area contributed by atoms with E-state index >= 15 is 0 Å². The van der Waals surface area contributed by atoms with E-state index in [-0.39, 0.29) is 11.8 Å². The third kappa shape index (κ3) is 3.13. The van der Waals surface area contributed by atoms with Crippen LogP contribution >= 0.6 is 0 Å². The Bertz CT molecular complexity index is 1120. The quantitative estimate of drug-likeness (QED) is 0.731. The molecule has 30 heavy (non-hydrogen) atoms. The van der Waals surface area contributed by atoms with Gasteiger partial charge in [-0.15, -0.1) is 0 Å². The fourth-order valence-corrected chi connectivity index (χ4v) is 3.98. The van der Waals surface area contributed by atoms with Gasteiger partial charge in [-0.25, -0.2) is 9.97 Å². The van der Waals surface area contributed by atoms with Crippen molar-refractivity contribution in [3.05, 3.63) is 77.6 Å². The molecular formula is C23H20N4O3. The molecule has 3 aromatic rings. The molecule has 3 heterocycles. The van der Waals surface area contributed by atoms with Crippen LogP contribution in [-0.4, -0.2) is 39.8 Å². The van der Waals surface area contributed by atoms with Gasteiger partial charge in [0, 0.05) is 35.5 Å². The Morgan fingerprint density at radius 1 is 1.07 bits per heavy atom. The molecule has 1 aromatic heterocycles. The molecule has 7 nitrogen and oxygen atoms in total. The normalized spacial score (nSPS) is 16.1. The SMILES string of the molecule is CC(=O)Nc1ccc(C(=O)N2CC3(C2)OCc2nc(-c4ccccc4)ncc23)cc1. The van der Waals surface area contributed by atoms with E-state index in [9.17, 15) is 9.59 Å². The second kappa shape index (κ2) is 7.03. The lowest BCUT2D eigenvalue weighted by Crippen LogP contribution is -2.61. The molecule has 1 fully saturated rings. The van der Waals surface area contributed by atoms with Gasteiger partial charge in [0.05, 0.1) is 25.4 Å². The van der Waals surface area contributed by atoms with Gasteiger partial charge < -0.3 is 15.0 Å². The van der Waals surface area contributed by atoms with Crippen LogP contribution in [0.4, 0.5) is 5.69 Å². The molecule has 5 rings (SSSR count). The van der Waals surface area contributed by atoms with Gasteiger partial charge in [-0.3, -0.25) is 9.59 Å². The van der Waals surface area contributed by atoms with Crippen LogP contribution in [0.5, 0.6) is 0 Å². The van der Waals surface area contributed by atoms with E-state index in [4.69, 9.17) is 4.74 Å². The van der Waals surface area contributed by atoms with Gasteiger partial charge in [-0.1, -0.05) is 30.3 Å². The van der Waals surface area contributed by atoms with Crippen molar-refractivity contribution in [1.82, 2.24) is 14.9 Å². The number of carbonyl (C=O) groups is 2. The summed E-state index contributed by atoms with van der Waals surface area (Å²) in [5.74, 6) is 0.476. The summed E-state index contributed by atoms with van der Waals surface area (Å²) in [4.78, 5) is 34.9. The number of benzene rings is 2. The highest BCUT2D eigenvalue weighted by Gasteiger charge is 2.52. The van der Waals surface area contributed by atoms with E-state index in [1.54, 1.807) is 29.2 Å². The number of carbonyl (C=O) groups excluding carboxylic acids is 2. The van der Waals surface area contributed by atoms with Crippen LogP contribution in [-0.2, 0) is 21.7 Å². The first kappa shape index (κ1) is 18.4. The van der Waals surface area contributed by atoms with Gasteiger partial charge in [0.15, 0.2) is 5.82 Å². The summed E-state index contributed by atoms with van der Waals surface area (Å²) >= 11 is 0. The Labute approximate surface area is 173 Å². The van der Waals surface area contributed by atoms with E-state index in [2.05, 4.69) is 15.3 Å². The van der Waals surface area contributed by atoms with Crippen molar-refractivity contribution in [3.63, 3.8) is 0 Å². The molecule has 2 aliphatic rings. The molecule has 150 valence electrons. The maximum atomic E-state index is 12.8. The fourth-order valence-electron chi connectivity index (χ4n) is 3.98. The zero-order valence-electron chi connectivity index (χ0n) is 16.5. The molecular weight excluding hydrogens is 380 g/mol. The standard InChI is InChI=1S/C23H20N4O3/c1-15(28)25-18-9-7-17(8-10-18)22(29)27-13-23(14-27)19-11-24-21(26-20(19)12-30-23)16-5-3-2-4-6-16/h2-11H,12-14H2,1H3,(H,25,28). The lowest BCUT2D eigenvalue weighted by molar-refractivity contribution is -0.126. The first-order chi connectivity index (χ1) is 14.5. The number of nitrogens with one attached hydrogen (secondary N) is 1. The molecule has 1 saturated heterocycles. The Morgan fingerprint density at radius 3 is 2.50 bits per heavy atom. The Kier molecular flexibility index (Phi) is 4.33. The summed E-state index contributed by atoms with van der Waals surface area (Å²) in [6.07, 6.45) is 1.84. The van der Waals surface area contributed by atoms with Crippen molar-refractivity contribution < 1.29 is 14.3 Å². The Balaban J connectivity index is 1.30. The van der Waals surface area contributed by atoms with Gasteiger partial charge >= 0.3 is 0 Å². The van der Waals surface area contributed by atoms with Crippen molar-refractivity contribution >= 4 is 17.5 Å². The summed E-state index contributed by atoms with van der Waals surface area (Å²) in [7, 11) is 0. The molecule has 2 aliphatic heterocycles. The number of hydrogen-bond acceptors (Lipinski definition) is 5. The van der Waals surface area contributed by atoms with Crippen LogP contribution in [0.2, 0.25) is 0 Å². The van der Waals surface area contributed by atoms with E-state index in [0.717, 1.165) is 16.8 Å². The second-order valence-corrected chi connectivity index (χ2v) is 7.62. The molecule has 0 bridgehead atoms. The third-order valence-corrected chi connectivity index (χ3v) is 5.51. The lowest BCUT2D eigenvalue weighted by atomic mass is 9.87. The highest BCUT2D eigenvalue weighted by molar-refractivity contribution is 5.96. The molecule has 2 amide bonds. The zero-order valence-corrected chi connectivity index (χ0v) is 16.5. The van der Waals surface area contributed by atoms with Crippen LogP contribution in [0, 0.1) is 0 Å². The second-order valence-electron chi connectivity index (χ2n) is 7.62. The molecule has 1 N–H and O–H groups in total. The van der Waals surface area contributed by atoms with Crippen molar-refractivity contribution in [2.75, 3.05) is 18.4 Å². The topological polar surface area (TPSA) is 84.4 Å². The number of fused-ring (bicyclic) bond motifs is 2. The van der Waals surface area contributed by atoms with Gasteiger partial charge in [-0.2, -0.15) is 0 Å². The number of hydrogen-bond donors (Lipinski definition) is 1. The number of anilines is 1. The monoisotopic (exact) mass is 400 g/mol. The third-order valence-electron chi connectivity index (χ3n) is 5.51. The zero-order chi connectivity index (χ0) is 20.7. The molecule has 0 saturated carbocycles. The van der Waals surface area contributed by atoms with E-state index < -0.39 is 5.60 Å². The first-order valence-corrected chi connectivity index (χ1v) is 9.77. The van der Waals surface area contributed by atoms with Crippen molar-refractivity contribution in [2.24, 2.45) is 0 Å². The van der Waals surface area contributed by atoms with Gasteiger partial charge in [0.25, 0.3) is 5.91 Å². The van der Waals surface area contributed by atoms with Gasteiger partial charge in [0.1, 0.15) is 5.60 Å². The Morgan fingerprint density at radius 2 is 1.80 bits per heavy atom. The smallest absolute Gasteiger partial charge is 0.254 e. The fraction of sp³-hybridized carbons (Fsp3) is 0.217. The Hall–Kier alpha value is -3.58. The predicted octanol–water partition coefficient (Wildman–Crippen LogP) is 2.98. The maximum Gasteiger partial charge on any atom is 0.254 e. The van der Waals surface area contributed by atoms with E-state index in [1.165, 1.54) is 6.92 Å². The predicted molar refractivity (Wildman–Crippen MR) is 111 cm³/mol. The van der Waals surface area contributed by atoms with Crippen LogP contribution in [0.25, 0.3) is 11.4 Å². The summed E-state index contributed by atoms with van der Waals surface area (Å²) in [5, 5.41) is 2.70. The average Bonchev–Trinajstić information content (AvgIpc) is 3.12. The number of ether oxygens (including phenoxy) is 1. The van der Waals surface area contributed by atoms with Crippen LogP contribution in [0.1, 0.15) is 28.5 Å². The number of likely N-dealkylation sites (tertiary alicyclic amines) is 1. The molecule has 0 aliphatic carbocycles. The minimum absolute atomic E-state index is 0.0612. The van der Waals surface area contributed by atoms with Gasteiger partial charge in [0.2, 0.25) is 5.91 Å². The maximum absolute atomic E-state index is 12.8. The molecule has 2 aromatic carbocycles. The number of nitrogens with zero attached hydrogens (tertiary/aromatic N) is 3. The number of rotatable bonds is 3. The van der Waals surface area contributed by atoms with Crippen molar-refractivity contribution in [1.29, 1.82) is 0 Å². The van der Waals surface area contributed by atoms with E-state index in [0.29, 0.717) is 36.8 Å². The highest BCUT2D eigenvalue weighted by atomic mass is 16.5. The van der Waals surface area contributed by atoms with Crippen LogP contribution < -0.4 is 5.32 Å². The number of aromatic nitrogens is 2. The van der Waals surface area contributed by atoms with Crippen molar-refractivity contribution in [3.8, 4) is 11.4 Å². The highest BCUT2D eigenvalue weighted by Crippen LogP contribution is 2.43. The van der Waals surface area contributed by atoms with Crippen molar-refractivity contribution in [2.45, 2.75) is 19.1 Å². The summed E-state index contributed by atoms with van der Waals surface area (Å²) in [6.45, 7) is 2.82. The van der Waals surface area contributed by atoms with Crippen LogP contribution in [0.15, 0.2) is 60.8 Å². The lowest BCUT2D eigenvalue weighted by Gasteiger charge is -2.47. The summed E-state index contributed by atoms with van der Waals surface area (Å²) in [6, 6.07) is 16.7. The van der Waals surface area contributed by atoms with E-state index in [1.807, 2.05) is 36.5 Å². The molecule has 1 spiro atoms. The summed E-state index contributed by atoms with van der Waals surface area (Å²) < 4.78 is 6.07.